The summed E-state index contributed by atoms with van der Waals surface area (Å²) in [5.41, 5.74) is 0.854. The minimum atomic E-state index is -0.788. The van der Waals surface area contributed by atoms with Gasteiger partial charge in [0.25, 0.3) is 0 Å². The number of H-pyrrole nitrogens is 1. The second-order valence-electron chi connectivity index (χ2n) is 8.22. The minimum absolute atomic E-state index is 0.235. The molecule has 1 unspecified atom stereocenters. The molecule has 2 N–H and O–H groups in total. The quantitative estimate of drug-likeness (QED) is 0.903. The number of benzene rings is 1. The third-order valence-electron chi connectivity index (χ3n) is 6.97. The van der Waals surface area contributed by atoms with Crippen LogP contribution in [0.2, 0.25) is 0 Å². The Morgan fingerprint density at radius 1 is 1.08 bits per heavy atom. The van der Waals surface area contributed by atoms with E-state index in [1.54, 1.807) is 6.33 Å². The number of nitrogens with one attached hydrogen (secondary N) is 1. The molecule has 6 rings (SSSR count). The number of hydrogen-bond acceptors (Lipinski definition) is 4. The summed E-state index contributed by atoms with van der Waals surface area (Å²) in [5.74, 6) is 2.65. The van der Waals surface area contributed by atoms with Gasteiger partial charge < -0.3 is 5.11 Å². The van der Waals surface area contributed by atoms with Gasteiger partial charge in [-0.05, 0) is 73.5 Å². The van der Waals surface area contributed by atoms with Crippen LogP contribution in [0.15, 0.2) is 30.6 Å². The normalized spacial score (nSPS) is 37.0. The van der Waals surface area contributed by atoms with Gasteiger partial charge >= 0.3 is 0 Å². The zero-order valence-electron chi connectivity index (χ0n) is 14.1. The number of aliphatic hydroxyl groups is 1. The van der Waals surface area contributed by atoms with Gasteiger partial charge in [0.15, 0.2) is 5.82 Å². The maximum absolute atomic E-state index is 12.0. The lowest BCUT2D eigenvalue weighted by Gasteiger charge is -2.60. The number of nitriles is 1. The molecule has 1 aromatic heterocycles. The first kappa shape index (κ1) is 15.1. The maximum Gasteiger partial charge on any atom is 0.160 e. The predicted octanol–water partition coefficient (Wildman–Crippen LogP) is 3.00. The van der Waals surface area contributed by atoms with Gasteiger partial charge in [0, 0.05) is 0 Å². The summed E-state index contributed by atoms with van der Waals surface area (Å²) >= 11 is 0. The zero-order chi connectivity index (χ0) is 17.0. The standard InChI is InChI=1S/C20H22N4O/c21-10-12-1-3-15(4-2-12)18(19-22-11-23-24-19)20(25)16-6-13-5-14(8-16)9-17(20)7-13/h1-4,11,13-14,16-18,25H,5-9H2,(H,22,23,24). The first-order chi connectivity index (χ1) is 12.2. The SMILES string of the molecule is N#Cc1ccc(C(c2nc[nH]n2)C2(O)C3CC4CC(C3)CC2C4)cc1. The molecule has 2 aromatic rings. The molecule has 0 aliphatic heterocycles. The second-order valence-corrected chi connectivity index (χ2v) is 8.22. The van der Waals surface area contributed by atoms with Crippen molar-refractivity contribution in [2.75, 3.05) is 0 Å². The highest BCUT2D eigenvalue weighted by Crippen LogP contribution is 2.62. The molecule has 0 spiro atoms. The highest BCUT2D eigenvalue weighted by atomic mass is 16.3. The van der Waals surface area contributed by atoms with Crippen LogP contribution in [0.4, 0.5) is 0 Å². The van der Waals surface area contributed by atoms with E-state index in [9.17, 15) is 5.11 Å². The Morgan fingerprint density at radius 3 is 2.24 bits per heavy atom. The predicted molar refractivity (Wildman–Crippen MR) is 91.4 cm³/mol. The summed E-state index contributed by atoms with van der Waals surface area (Å²) in [6.45, 7) is 0. The Morgan fingerprint density at radius 2 is 1.72 bits per heavy atom. The van der Waals surface area contributed by atoms with Crippen LogP contribution in [-0.2, 0) is 0 Å². The molecule has 0 amide bonds. The van der Waals surface area contributed by atoms with Crippen LogP contribution >= 0.6 is 0 Å². The fraction of sp³-hybridized carbons (Fsp3) is 0.550. The third kappa shape index (κ3) is 2.17. The summed E-state index contributed by atoms with van der Waals surface area (Å²) < 4.78 is 0. The van der Waals surface area contributed by atoms with Gasteiger partial charge in [-0.3, -0.25) is 5.10 Å². The molecule has 5 nitrogen and oxygen atoms in total. The van der Waals surface area contributed by atoms with Crippen LogP contribution in [-0.4, -0.2) is 25.9 Å². The fourth-order valence-corrected chi connectivity index (χ4v) is 6.14. The molecule has 1 heterocycles. The smallest absolute Gasteiger partial charge is 0.160 e. The van der Waals surface area contributed by atoms with E-state index >= 15 is 0 Å². The van der Waals surface area contributed by atoms with Crippen LogP contribution in [0.25, 0.3) is 0 Å². The first-order valence-corrected chi connectivity index (χ1v) is 9.26. The molecule has 1 atom stereocenters. The van der Waals surface area contributed by atoms with Crippen molar-refractivity contribution in [3.63, 3.8) is 0 Å². The third-order valence-corrected chi connectivity index (χ3v) is 6.97. The monoisotopic (exact) mass is 334 g/mol. The van der Waals surface area contributed by atoms with Gasteiger partial charge in [0.2, 0.25) is 0 Å². The van der Waals surface area contributed by atoms with Gasteiger partial charge in [-0.25, -0.2) is 4.98 Å². The average molecular weight is 334 g/mol. The molecule has 4 fully saturated rings. The average Bonchev–Trinajstić information content (AvgIpc) is 3.14. The van der Waals surface area contributed by atoms with E-state index in [2.05, 4.69) is 21.3 Å². The van der Waals surface area contributed by atoms with Crippen molar-refractivity contribution in [3.8, 4) is 6.07 Å². The van der Waals surface area contributed by atoms with Crippen LogP contribution in [0.3, 0.4) is 0 Å². The molecule has 128 valence electrons. The van der Waals surface area contributed by atoms with Crippen molar-refractivity contribution in [2.24, 2.45) is 23.7 Å². The number of hydrogen-bond donors (Lipinski definition) is 2. The van der Waals surface area contributed by atoms with Crippen molar-refractivity contribution in [1.82, 2.24) is 15.2 Å². The lowest BCUT2D eigenvalue weighted by Crippen LogP contribution is -2.60. The minimum Gasteiger partial charge on any atom is -0.388 e. The Hall–Kier alpha value is -2.19. The molecule has 5 heteroatoms. The zero-order valence-corrected chi connectivity index (χ0v) is 14.1. The van der Waals surface area contributed by atoms with Gasteiger partial charge in [0.05, 0.1) is 23.2 Å². The molecule has 4 saturated carbocycles. The second kappa shape index (κ2) is 5.40. The van der Waals surface area contributed by atoms with Crippen molar-refractivity contribution in [3.05, 3.63) is 47.5 Å². The maximum atomic E-state index is 12.0. The van der Waals surface area contributed by atoms with Gasteiger partial charge in [-0.1, -0.05) is 12.1 Å². The summed E-state index contributed by atoms with van der Waals surface area (Å²) in [4.78, 5) is 4.42. The molecular formula is C20H22N4O. The van der Waals surface area contributed by atoms with Crippen LogP contribution in [0.1, 0.15) is 55.0 Å². The van der Waals surface area contributed by atoms with E-state index in [1.165, 1.54) is 6.42 Å². The largest absolute Gasteiger partial charge is 0.388 e. The number of nitrogens with zero attached hydrogens (tertiary/aromatic N) is 3. The van der Waals surface area contributed by atoms with E-state index in [0.717, 1.165) is 43.1 Å². The first-order valence-electron chi connectivity index (χ1n) is 9.26. The van der Waals surface area contributed by atoms with Crippen LogP contribution in [0.5, 0.6) is 0 Å². The van der Waals surface area contributed by atoms with Crippen molar-refractivity contribution < 1.29 is 5.11 Å². The van der Waals surface area contributed by atoms with Crippen molar-refractivity contribution in [1.29, 1.82) is 5.26 Å². The number of aromatic amines is 1. The van der Waals surface area contributed by atoms with Gasteiger partial charge in [0.1, 0.15) is 6.33 Å². The summed E-state index contributed by atoms with van der Waals surface area (Å²) in [5, 5.41) is 28.3. The highest BCUT2D eigenvalue weighted by Gasteiger charge is 2.60. The molecule has 4 aliphatic rings. The van der Waals surface area contributed by atoms with E-state index in [-0.39, 0.29) is 5.92 Å². The lowest BCUT2D eigenvalue weighted by atomic mass is 9.46. The summed E-state index contributed by atoms with van der Waals surface area (Å²) in [7, 11) is 0. The number of rotatable bonds is 3. The van der Waals surface area contributed by atoms with E-state index < -0.39 is 5.60 Å². The summed E-state index contributed by atoms with van der Waals surface area (Å²) in [6.07, 6.45) is 7.44. The van der Waals surface area contributed by atoms with Crippen molar-refractivity contribution in [2.45, 2.75) is 43.6 Å². The van der Waals surface area contributed by atoms with E-state index in [1.807, 2.05) is 24.3 Å². The molecule has 25 heavy (non-hydrogen) atoms. The topological polar surface area (TPSA) is 85.6 Å². The molecule has 1 aromatic carbocycles. The molecule has 4 aliphatic carbocycles. The highest BCUT2D eigenvalue weighted by molar-refractivity contribution is 5.38. The Labute approximate surface area is 147 Å². The Balaban J connectivity index is 1.62. The van der Waals surface area contributed by atoms with E-state index in [4.69, 9.17) is 5.26 Å². The van der Waals surface area contributed by atoms with E-state index in [0.29, 0.717) is 23.2 Å². The molecule has 0 saturated heterocycles. The van der Waals surface area contributed by atoms with Crippen LogP contribution in [0, 0.1) is 35.0 Å². The Kier molecular flexibility index (Phi) is 3.26. The van der Waals surface area contributed by atoms with Crippen molar-refractivity contribution >= 4 is 0 Å². The van der Waals surface area contributed by atoms with Gasteiger partial charge in [-0.15, -0.1) is 0 Å². The summed E-state index contributed by atoms with van der Waals surface area (Å²) in [6, 6.07) is 9.75. The van der Waals surface area contributed by atoms with Gasteiger partial charge in [-0.2, -0.15) is 10.4 Å². The fourth-order valence-electron chi connectivity index (χ4n) is 6.14. The lowest BCUT2D eigenvalue weighted by molar-refractivity contribution is -0.181. The Bertz CT molecular complexity index is 777. The molecule has 4 bridgehead atoms. The molecular weight excluding hydrogens is 312 g/mol. The number of aromatic nitrogens is 3. The molecule has 0 radical (unpaired) electrons. The van der Waals surface area contributed by atoms with Crippen LogP contribution < -0.4 is 0 Å².